The molecule has 0 radical (unpaired) electrons. The van der Waals surface area contributed by atoms with E-state index in [2.05, 4.69) is 15.8 Å². The van der Waals surface area contributed by atoms with Crippen molar-refractivity contribution in [2.24, 2.45) is 16.8 Å². The van der Waals surface area contributed by atoms with Crippen molar-refractivity contribution in [3.05, 3.63) is 35.2 Å². The van der Waals surface area contributed by atoms with Crippen LogP contribution in [0.3, 0.4) is 0 Å². The van der Waals surface area contributed by atoms with Crippen molar-refractivity contribution in [3.8, 4) is 0 Å². The molecule has 3 rings (SSSR count). The fourth-order valence-corrected chi connectivity index (χ4v) is 2.43. The van der Waals surface area contributed by atoms with Crippen molar-refractivity contribution in [1.29, 1.82) is 0 Å². The Morgan fingerprint density at radius 2 is 2.44 bits per heavy atom. The summed E-state index contributed by atoms with van der Waals surface area (Å²) in [6, 6.07) is 0. The van der Waals surface area contributed by atoms with Gasteiger partial charge in [-0.15, -0.1) is 0 Å². The Balaban J connectivity index is 2.14. The minimum absolute atomic E-state index is 0.196. The van der Waals surface area contributed by atoms with Crippen molar-refractivity contribution in [3.63, 3.8) is 0 Å². The lowest BCUT2D eigenvalue weighted by molar-refractivity contribution is -0.120. The van der Waals surface area contributed by atoms with Crippen LogP contribution < -0.4 is 16.5 Å². The molecule has 2 heterocycles. The van der Waals surface area contributed by atoms with Crippen molar-refractivity contribution in [2.45, 2.75) is 6.42 Å². The van der Waals surface area contributed by atoms with Crippen molar-refractivity contribution in [1.82, 2.24) is 10.7 Å². The van der Waals surface area contributed by atoms with E-state index in [-0.39, 0.29) is 11.8 Å². The van der Waals surface area contributed by atoms with Gasteiger partial charge in [-0.1, -0.05) is 0 Å². The molecule has 1 aliphatic carbocycles. The van der Waals surface area contributed by atoms with Gasteiger partial charge in [0.2, 0.25) is 5.91 Å². The topological polar surface area (TPSA) is 79.5 Å². The summed E-state index contributed by atoms with van der Waals surface area (Å²) < 4.78 is 0. The van der Waals surface area contributed by atoms with E-state index >= 15 is 0 Å². The van der Waals surface area contributed by atoms with Gasteiger partial charge < -0.3 is 11.1 Å². The largest absolute Gasteiger partial charge is 0.387 e. The van der Waals surface area contributed by atoms with Gasteiger partial charge in [-0.3, -0.25) is 10.2 Å². The highest BCUT2D eigenvalue weighted by atomic mass is 16.1. The Morgan fingerprint density at radius 3 is 3.25 bits per heavy atom. The number of primary amides is 1. The summed E-state index contributed by atoms with van der Waals surface area (Å²) in [6.07, 6.45) is 6.29. The van der Waals surface area contributed by atoms with Gasteiger partial charge in [0.25, 0.3) is 0 Å². The van der Waals surface area contributed by atoms with E-state index in [0.29, 0.717) is 13.0 Å². The fourth-order valence-electron chi connectivity index (χ4n) is 2.43. The normalized spacial score (nSPS) is 26.1. The van der Waals surface area contributed by atoms with E-state index in [9.17, 15) is 4.79 Å². The fraction of sp³-hybridized carbons (Fsp3) is 0.273. The molecule has 1 amide bonds. The van der Waals surface area contributed by atoms with Gasteiger partial charge in [0.15, 0.2) is 0 Å². The average Bonchev–Trinajstić information content (AvgIpc) is 2.50. The second-order valence-corrected chi connectivity index (χ2v) is 4.07. The minimum Gasteiger partial charge on any atom is -0.387 e. The summed E-state index contributed by atoms with van der Waals surface area (Å²) in [4.78, 5) is 11.4. The molecule has 1 atom stereocenters. The van der Waals surface area contributed by atoms with Crippen LogP contribution in [0.2, 0.25) is 0 Å². The molecule has 3 aliphatic rings. The molecule has 16 heavy (non-hydrogen) atoms. The van der Waals surface area contributed by atoms with Crippen LogP contribution in [0, 0.1) is 5.92 Å². The molecule has 2 aliphatic heterocycles. The number of amides is 1. The average molecular weight is 216 g/mol. The van der Waals surface area contributed by atoms with Gasteiger partial charge in [0.1, 0.15) is 0 Å². The van der Waals surface area contributed by atoms with Crippen LogP contribution in [0.4, 0.5) is 0 Å². The van der Waals surface area contributed by atoms with Crippen LogP contribution in [-0.4, -0.2) is 18.2 Å². The molecule has 5 heteroatoms. The number of carbonyl (C=O) groups excluding carboxylic acids is 1. The lowest BCUT2D eigenvalue weighted by atomic mass is 9.99. The first-order valence-electron chi connectivity index (χ1n) is 5.22. The zero-order valence-electron chi connectivity index (χ0n) is 8.66. The first-order chi connectivity index (χ1) is 7.77. The highest BCUT2D eigenvalue weighted by molar-refractivity contribution is 6.14. The Labute approximate surface area is 92.8 Å². The number of hydrogen-bond donors (Lipinski definition) is 3. The second kappa shape index (κ2) is 3.23. The van der Waals surface area contributed by atoms with Crippen molar-refractivity contribution in [2.75, 3.05) is 6.54 Å². The van der Waals surface area contributed by atoms with Gasteiger partial charge in [0, 0.05) is 18.3 Å². The molecule has 1 unspecified atom stereocenters. The van der Waals surface area contributed by atoms with Gasteiger partial charge >= 0.3 is 0 Å². The van der Waals surface area contributed by atoms with E-state index in [1.54, 1.807) is 0 Å². The molecule has 0 bridgehead atoms. The van der Waals surface area contributed by atoms with Crippen LogP contribution >= 0.6 is 0 Å². The molecular weight excluding hydrogens is 204 g/mol. The summed E-state index contributed by atoms with van der Waals surface area (Å²) in [5.74, 6) is -0.459. The van der Waals surface area contributed by atoms with Gasteiger partial charge in [-0.05, 0) is 29.8 Å². The third-order valence-corrected chi connectivity index (χ3v) is 3.16. The molecule has 0 fully saturated rings. The Morgan fingerprint density at radius 1 is 1.56 bits per heavy atom. The number of nitrogens with zero attached hydrogens (tertiary/aromatic N) is 1. The lowest BCUT2D eigenvalue weighted by Gasteiger charge is -2.11. The highest BCUT2D eigenvalue weighted by Gasteiger charge is 2.36. The molecular formula is C11H12N4O. The molecule has 0 aromatic heterocycles. The zero-order chi connectivity index (χ0) is 11.1. The molecule has 4 N–H and O–H groups in total. The maximum Gasteiger partial charge on any atom is 0.225 e. The van der Waals surface area contributed by atoms with Crippen LogP contribution in [0.5, 0.6) is 0 Å². The van der Waals surface area contributed by atoms with E-state index in [4.69, 9.17) is 5.73 Å². The van der Waals surface area contributed by atoms with Gasteiger partial charge in [-0.2, -0.15) is 5.10 Å². The number of carbonyl (C=O) groups is 1. The van der Waals surface area contributed by atoms with Crippen LogP contribution in [0.15, 0.2) is 40.3 Å². The summed E-state index contributed by atoms with van der Waals surface area (Å²) >= 11 is 0. The standard InChI is InChI=1S/C11H12N4O/c12-11(16)7-3-6-4-14-15-9-1-2-13-5-8(7)10(6)9/h1-2,4,7,13-14H,3,5H2,(H2,12,16). The van der Waals surface area contributed by atoms with Crippen molar-refractivity contribution < 1.29 is 4.79 Å². The molecule has 0 aromatic carbocycles. The maximum absolute atomic E-state index is 11.4. The van der Waals surface area contributed by atoms with Crippen LogP contribution in [-0.2, 0) is 4.79 Å². The summed E-state index contributed by atoms with van der Waals surface area (Å²) in [6.45, 7) is 0.662. The van der Waals surface area contributed by atoms with E-state index in [1.807, 2.05) is 18.5 Å². The summed E-state index contributed by atoms with van der Waals surface area (Å²) in [7, 11) is 0. The third kappa shape index (κ3) is 1.18. The Bertz CT molecular complexity index is 484. The smallest absolute Gasteiger partial charge is 0.225 e. The molecule has 0 spiro atoms. The summed E-state index contributed by atoms with van der Waals surface area (Å²) in [5.41, 5.74) is 12.4. The highest BCUT2D eigenvalue weighted by Crippen LogP contribution is 2.38. The molecule has 0 saturated carbocycles. The first kappa shape index (κ1) is 9.21. The van der Waals surface area contributed by atoms with E-state index in [0.717, 1.165) is 22.4 Å². The SMILES string of the molecule is NC(=O)C1CC2=CNN=C3C=CNCC1=C23. The molecule has 0 aromatic rings. The third-order valence-electron chi connectivity index (χ3n) is 3.16. The number of hydrogen-bond acceptors (Lipinski definition) is 4. The number of hydrazone groups is 1. The molecule has 82 valence electrons. The van der Waals surface area contributed by atoms with Crippen molar-refractivity contribution >= 4 is 11.6 Å². The number of nitrogens with one attached hydrogen (secondary N) is 2. The predicted octanol–water partition coefficient (Wildman–Crippen LogP) is -0.252. The second-order valence-electron chi connectivity index (χ2n) is 4.07. The van der Waals surface area contributed by atoms with Crippen LogP contribution in [0.1, 0.15) is 6.42 Å². The number of nitrogens with two attached hydrogens (primary N) is 1. The Kier molecular flexibility index (Phi) is 1.86. The van der Waals surface area contributed by atoms with Gasteiger partial charge in [-0.25, -0.2) is 0 Å². The quantitative estimate of drug-likeness (QED) is 0.565. The molecule has 5 nitrogen and oxygen atoms in total. The van der Waals surface area contributed by atoms with Crippen LogP contribution in [0.25, 0.3) is 0 Å². The Hall–Kier alpha value is -2.04. The predicted molar refractivity (Wildman–Crippen MR) is 60.1 cm³/mol. The van der Waals surface area contributed by atoms with Gasteiger partial charge in [0.05, 0.1) is 11.6 Å². The lowest BCUT2D eigenvalue weighted by Crippen LogP contribution is -2.26. The first-order valence-corrected chi connectivity index (χ1v) is 5.22. The van der Waals surface area contributed by atoms with E-state index < -0.39 is 0 Å². The van der Waals surface area contributed by atoms with E-state index in [1.165, 1.54) is 0 Å². The number of allylic oxidation sites excluding steroid dienone is 3. The number of rotatable bonds is 1. The minimum atomic E-state index is -0.263. The zero-order valence-corrected chi connectivity index (χ0v) is 8.66. The summed E-state index contributed by atoms with van der Waals surface area (Å²) in [5, 5.41) is 7.33. The molecule has 0 saturated heterocycles. The maximum atomic E-state index is 11.4. The monoisotopic (exact) mass is 216 g/mol.